The molecule has 9 heteroatoms. The van der Waals surface area contributed by atoms with Crippen molar-refractivity contribution < 1.29 is 18.0 Å². The average Bonchev–Trinajstić information content (AvgIpc) is 2.56. The van der Waals surface area contributed by atoms with Gasteiger partial charge in [0.25, 0.3) is 0 Å². The minimum Gasteiger partial charge on any atom is -0.357 e. The minimum absolute atomic E-state index is 0. The fraction of sp³-hybridized carbons (Fsp3) is 0.529. The second-order valence-electron chi connectivity index (χ2n) is 5.93. The van der Waals surface area contributed by atoms with Crippen molar-refractivity contribution in [1.29, 1.82) is 0 Å². The first-order valence-electron chi connectivity index (χ1n) is 8.30. The highest BCUT2D eigenvalue weighted by Crippen LogP contribution is 2.19. The van der Waals surface area contributed by atoms with Gasteiger partial charge in [-0.2, -0.15) is 0 Å². The van der Waals surface area contributed by atoms with E-state index in [1.165, 1.54) is 0 Å². The summed E-state index contributed by atoms with van der Waals surface area (Å²) in [4.78, 5) is 15.9. The van der Waals surface area contributed by atoms with Crippen LogP contribution in [-0.4, -0.2) is 31.5 Å². The van der Waals surface area contributed by atoms with Crippen LogP contribution in [0.2, 0.25) is 0 Å². The molecular weight excluding hydrogens is 460 g/mol. The lowest BCUT2D eigenvalue weighted by Crippen LogP contribution is -2.38. The SMILES string of the molecule is CCNC(=NCC(=O)Nc1ccc(F)c(F)c1F)NCCCC(C)C.I. The zero-order chi connectivity index (χ0) is 18.8. The molecule has 26 heavy (non-hydrogen) atoms. The standard InChI is InChI=1S/C17H25F3N4O.HI/c1-4-21-17(22-9-5-6-11(2)3)23-10-14(25)24-13-8-7-12(18)15(19)16(13)20;/h7-8,11H,4-6,9-10H2,1-3H3,(H,24,25)(H2,21,22,23);1H. The molecule has 148 valence electrons. The van der Waals surface area contributed by atoms with Gasteiger partial charge in [0.15, 0.2) is 23.4 Å². The van der Waals surface area contributed by atoms with Crippen molar-refractivity contribution in [1.82, 2.24) is 10.6 Å². The van der Waals surface area contributed by atoms with E-state index >= 15 is 0 Å². The molecule has 0 bridgehead atoms. The second kappa shape index (κ2) is 12.8. The number of guanidine groups is 1. The van der Waals surface area contributed by atoms with Crippen LogP contribution in [0.3, 0.4) is 0 Å². The monoisotopic (exact) mass is 486 g/mol. The fourth-order valence-corrected chi connectivity index (χ4v) is 2.02. The number of carbonyl (C=O) groups is 1. The lowest BCUT2D eigenvalue weighted by Gasteiger charge is -2.12. The first kappa shape index (κ1) is 24.5. The molecule has 0 aromatic heterocycles. The average molecular weight is 486 g/mol. The smallest absolute Gasteiger partial charge is 0.246 e. The van der Waals surface area contributed by atoms with Crippen molar-refractivity contribution in [2.24, 2.45) is 10.9 Å². The van der Waals surface area contributed by atoms with Crippen LogP contribution >= 0.6 is 24.0 Å². The molecule has 0 saturated heterocycles. The van der Waals surface area contributed by atoms with E-state index in [0.29, 0.717) is 25.0 Å². The number of nitrogens with zero attached hydrogens (tertiary/aromatic N) is 1. The van der Waals surface area contributed by atoms with Gasteiger partial charge < -0.3 is 16.0 Å². The van der Waals surface area contributed by atoms with Gasteiger partial charge in [-0.25, -0.2) is 18.2 Å². The predicted octanol–water partition coefficient (Wildman–Crippen LogP) is 3.65. The summed E-state index contributed by atoms with van der Waals surface area (Å²) in [6.45, 7) is 7.22. The van der Waals surface area contributed by atoms with Crippen LogP contribution in [0.15, 0.2) is 17.1 Å². The van der Waals surface area contributed by atoms with Crippen LogP contribution in [0.25, 0.3) is 0 Å². The van der Waals surface area contributed by atoms with Crippen LogP contribution < -0.4 is 16.0 Å². The van der Waals surface area contributed by atoms with Gasteiger partial charge in [-0.05, 0) is 37.8 Å². The van der Waals surface area contributed by atoms with E-state index in [0.717, 1.165) is 25.0 Å². The first-order chi connectivity index (χ1) is 11.8. The van der Waals surface area contributed by atoms with Crippen molar-refractivity contribution in [2.45, 2.75) is 33.6 Å². The van der Waals surface area contributed by atoms with Crippen LogP contribution in [0, 0.1) is 23.4 Å². The minimum atomic E-state index is -1.62. The molecule has 0 spiro atoms. The molecule has 0 heterocycles. The lowest BCUT2D eigenvalue weighted by atomic mass is 10.1. The summed E-state index contributed by atoms with van der Waals surface area (Å²) >= 11 is 0. The van der Waals surface area contributed by atoms with E-state index < -0.39 is 29.0 Å². The molecule has 0 aliphatic rings. The number of hydrogen-bond acceptors (Lipinski definition) is 2. The molecule has 1 amide bonds. The Hall–Kier alpha value is -1.52. The Labute approximate surface area is 169 Å². The Morgan fingerprint density at radius 3 is 2.46 bits per heavy atom. The Balaban J connectivity index is 0.00000625. The Morgan fingerprint density at radius 2 is 1.85 bits per heavy atom. The molecule has 0 unspecified atom stereocenters. The van der Waals surface area contributed by atoms with Gasteiger partial charge in [0.05, 0.1) is 5.69 Å². The molecule has 0 radical (unpaired) electrons. The topological polar surface area (TPSA) is 65.5 Å². The summed E-state index contributed by atoms with van der Waals surface area (Å²) in [5.74, 6) is -3.93. The van der Waals surface area contributed by atoms with E-state index in [1.807, 2.05) is 6.92 Å². The zero-order valence-corrected chi connectivity index (χ0v) is 17.5. The van der Waals surface area contributed by atoms with Gasteiger partial charge in [0.2, 0.25) is 5.91 Å². The molecule has 0 aliphatic carbocycles. The summed E-state index contributed by atoms with van der Waals surface area (Å²) in [5.41, 5.74) is -0.422. The quantitative estimate of drug-likeness (QED) is 0.173. The summed E-state index contributed by atoms with van der Waals surface area (Å²) in [6, 6.07) is 1.71. The van der Waals surface area contributed by atoms with Crippen LogP contribution in [0.5, 0.6) is 0 Å². The highest BCUT2D eigenvalue weighted by atomic mass is 127. The fourth-order valence-electron chi connectivity index (χ4n) is 2.02. The number of hydrogen-bond donors (Lipinski definition) is 3. The second-order valence-corrected chi connectivity index (χ2v) is 5.93. The number of benzene rings is 1. The summed E-state index contributed by atoms with van der Waals surface area (Å²) in [5, 5.41) is 8.27. The van der Waals surface area contributed by atoms with Crippen molar-refractivity contribution >= 4 is 41.5 Å². The van der Waals surface area contributed by atoms with Crippen molar-refractivity contribution in [3.8, 4) is 0 Å². The van der Waals surface area contributed by atoms with E-state index in [4.69, 9.17) is 0 Å². The maximum Gasteiger partial charge on any atom is 0.246 e. The maximum atomic E-state index is 13.5. The lowest BCUT2D eigenvalue weighted by molar-refractivity contribution is -0.114. The van der Waals surface area contributed by atoms with Crippen LogP contribution in [-0.2, 0) is 4.79 Å². The van der Waals surface area contributed by atoms with Gasteiger partial charge in [-0.15, -0.1) is 24.0 Å². The van der Waals surface area contributed by atoms with Gasteiger partial charge in [0, 0.05) is 13.1 Å². The third kappa shape index (κ3) is 8.72. The number of halogens is 4. The number of rotatable bonds is 8. The Kier molecular flexibility index (Phi) is 12.0. The molecule has 1 aromatic carbocycles. The maximum absolute atomic E-state index is 13.5. The molecule has 0 atom stereocenters. The van der Waals surface area contributed by atoms with Crippen LogP contribution in [0.1, 0.15) is 33.6 Å². The normalized spacial score (nSPS) is 11.1. The molecule has 1 rings (SSSR count). The highest BCUT2D eigenvalue weighted by Gasteiger charge is 2.15. The van der Waals surface area contributed by atoms with Gasteiger partial charge in [-0.1, -0.05) is 13.8 Å². The predicted molar refractivity (Wildman–Crippen MR) is 108 cm³/mol. The third-order valence-electron chi connectivity index (χ3n) is 3.28. The van der Waals surface area contributed by atoms with E-state index in [9.17, 15) is 18.0 Å². The van der Waals surface area contributed by atoms with Gasteiger partial charge in [0.1, 0.15) is 6.54 Å². The molecule has 0 fully saturated rings. The summed E-state index contributed by atoms with van der Waals surface area (Å²) in [7, 11) is 0. The summed E-state index contributed by atoms with van der Waals surface area (Å²) in [6.07, 6.45) is 2.04. The number of amides is 1. The molecular formula is C17H26F3IN4O. The van der Waals surface area contributed by atoms with Crippen molar-refractivity contribution in [3.05, 3.63) is 29.6 Å². The van der Waals surface area contributed by atoms with E-state index in [-0.39, 0.29) is 30.5 Å². The van der Waals surface area contributed by atoms with Gasteiger partial charge >= 0.3 is 0 Å². The largest absolute Gasteiger partial charge is 0.357 e. The van der Waals surface area contributed by atoms with Crippen molar-refractivity contribution in [2.75, 3.05) is 25.0 Å². The number of nitrogens with one attached hydrogen (secondary N) is 3. The number of aliphatic imine (C=N–C) groups is 1. The zero-order valence-electron chi connectivity index (χ0n) is 15.2. The summed E-state index contributed by atoms with van der Waals surface area (Å²) < 4.78 is 39.5. The van der Waals surface area contributed by atoms with Gasteiger partial charge in [-0.3, -0.25) is 4.79 Å². The van der Waals surface area contributed by atoms with Crippen LogP contribution in [0.4, 0.5) is 18.9 Å². The Morgan fingerprint density at radius 1 is 1.15 bits per heavy atom. The molecule has 3 N–H and O–H groups in total. The molecule has 0 saturated carbocycles. The highest BCUT2D eigenvalue weighted by molar-refractivity contribution is 14.0. The first-order valence-corrected chi connectivity index (χ1v) is 8.30. The molecule has 5 nitrogen and oxygen atoms in total. The molecule has 0 aliphatic heterocycles. The van der Waals surface area contributed by atoms with E-state index in [1.54, 1.807) is 0 Å². The Bertz CT molecular complexity index is 612. The molecule has 1 aromatic rings. The van der Waals surface area contributed by atoms with Crippen molar-refractivity contribution in [3.63, 3.8) is 0 Å². The van der Waals surface area contributed by atoms with E-state index in [2.05, 4.69) is 34.8 Å². The third-order valence-corrected chi connectivity index (χ3v) is 3.28. The number of carbonyl (C=O) groups excluding carboxylic acids is 1. The number of anilines is 1.